The molecule has 110 valence electrons. The zero-order valence-electron chi connectivity index (χ0n) is 11.8. The first-order valence-electron chi connectivity index (χ1n) is 6.13. The van der Waals surface area contributed by atoms with Gasteiger partial charge in [-0.3, -0.25) is 4.79 Å². The number of amides is 3. The van der Waals surface area contributed by atoms with Crippen LogP contribution < -0.4 is 16.4 Å². The molecule has 0 saturated heterocycles. The fourth-order valence-electron chi connectivity index (χ4n) is 1.29. The summed E-state index contributed by atoms with van der Waals surface area (Å²) >= 11 is 0. The Kier molecular flexibility index (Phi) is 6.31. The van der Waals surface area contributed by atoms with Crippen LogP contribution in [0.2, 0.25) is 0 Å². The number of primary amides is 1. The van der Waals surface area contributed by atoms with Gasteiger partial charge in [-0.1, -0.05) is 13.8 Å². The van der Waals surface area contributed by atoms with E-state index in [4.69, 9.17) is 10.8 Å². The smallest absolute Gasteiger partial charge is 0.326 e. The monoisotopic (exact) mass is 273 g/mol. The molecule has 0 aliphatic rings. The van der Waals surface area contributed by atoms with E-state index < -0.39 is 29.4 Å². The lowest BCUT2D eigenvalue weighted by molar-refractivity contribution is -0.139. The average molecular weight is 273 g/mol. The van der Waals surface area contributed by atoms with E-state index in [1.807, 2.05) is 13.8 Å². The van der Waals surface area contributed by atoms with Gasteiger partial charge in [0, 0.05) is 6.54 Å². The number of nitrogens with one attached hydrogen (secondary N) is 2. The Balaban J connectivity index is 4.36. The van der Waals surface area contributed by atoms with Gasteiger partial charge >= 0.3 is 12.0 Å². The molecule has 5 N–H and O–H groups in total. The van der Waals surface area contributed by atoms with E-state index in [9.17, 15) is 14.4 Å². The van der Waals surface area contributed by atoms with Gasteiger partial charge in [0.1, 0.15) is 6.04 Å². The molecule has 0 radical (unpaired) electrons. The van der Waals surface area contributed by atoms with E-state index in [-0.39, 0.29) is 12.5 Å². The number of aliphatic carboxylic acids is 1. The van der Waals surface area contributed by atoms with Crippen LogP contribution in [0, 0.1) is 11.3 Å². The Hall–Kier alpha value is -1.79. The maximum Gasteiger partial charge on any atom is 0.326 e. The number of hydrogen-bond donors (Lipinski definition) is 4. The number of nitrogens with two attached hydrogens (primary N) is 1. The van der Waals surface area contributed by atoms with Crippen molar-refractivity contribution >= 4 is 17.9 Å². The fourth-order valence-corrected chi connectivity index (χ4v) is 1.29. The second-order valence-corrected chi connectivity index (χ2v) is 5.60. The lowest BCUT2D eigenvalue weighted by atomic mass is 9.93. The Labute approximate surface area is 112 Å². The second kappa shape index (κ2) is 6.96. The minimum atomic E-state index is -1.09. The molecule has 0 bridgehead atoms. The number of carboxylic acid groups (broad SMARTS) is 1. The van der Waals surface area contributed by atoms with Crippen LogP contribution in [0.4, 0.5) is 4.79 Å². The van der Waals surface area contributed by atoms with E-state index in [0.29, 0.717) is 6.42 Å². The molecule has 0 aliphatic heterocycles. The van der Waals surface area contributed by atoms with Crippen molar-refractivity contribution in [3.8, 4) is 0 Å². The molecule has 0 spiro atoms. The highest BCUT2D eigenvalue weighted by Gasteiger charge is 2.26. The number of urea groups is 1. The van der Waals surface area contributed by atoms with Crippen molar-refractivity contribution in [3.63, 3.8) is 0 Å². The summed E-state index contributed by atoms with van der Waals surface area (Å²) in [5.74, 6) is -1.48. The molecule has 0 unspecified atom stereocenters. The molecular formula is C12H23N3O4. The summed E-state index contributed by atoms with van der Waals surface area (Å²) in [7, 11) is 0. The molecule has 0 aliphatic carbocycles. The summed E-state index contributed by atoms with van der Waals surface area (Å²) in [5, 5.41) is 13.8. The first-order chi connectivity index (χ1) is 8.56. The van der Waals surface area contributed by atoms with Crippen molar-refractivity contribution in [2.24, 2.45) is 17.1 Å². The first-order valence-corrected chi connectivity index (χ1v) is 6.13. The van der Waals surface area contributed by atoms with Crippen LogP contribution in [0.15, 0.2) is 0 Å². The normalized spacial score (nSPS) is 12.9. The predicted octanol–water partition coefficient (Wildman–Crippen LogP) is 0.296. The highest BCUT2D eigenvalue weighted by atomic mass is 16.4. The molecule has 0 aromatic carbocycles. The molecule has 0 heterocycles. The Morgan fingerprint density at radius 1 is 1.26 bits per heavy atom. The fraction of sp³-hybridized carbons (Fsp3) is 0.750. The van der Waals surface area contributed by atoms with Gasteiger partial charge in [-0.05, 0) is 26.2 Å². The summed E-state index contributed by atoms with van der Waals surface area (Å²) in [5.41, 5.74) is 4.29. The lowest BCUT2D eigenvalue weighted by Gasteiger charge is -2.22. The zero-order chi connectivity index (χ0) is 15.2. The standard InChI is InChI=1S/C12H23N3O4/c1-7(2)5-8(9(16)17)15-11(19)14-6-12(3,4)10(13)18/h7-8H,5-6H2,1-4H3,(H2,13,18)(H,16,17)(H2,14,15,19)/t8-/m1/s1. The highest BCUT2D eigenvalue weighted by Crippen LogP contribution is 2.11. The van der Waals surface area contributed by atoms with Crippen molar-refractivity contribution in [2.45, 2.75) is 40.2 Å². The van der Waals surface area contributed by atoms with Crippen LogP contribution in [0.1, 0.15) is 34.1 Å². The quantitative estimate of drug-likeness (QED) is 0.532. The van der Waals surface area contributed by atoms with Crippen LogP contribution in [0.25, 0.3) is 0 Å². The van der Waals surface area contributed by atoms with Gasteiger partial charge in [0.05, 0.1) is 5.41 Å². The van der Waals surface area contributed by atoms with Crippen molar-refractivity contribution < 1.29 is 19.5 Å². The summed E-state index contributed by atoms with van der Waals surface area (Å²) < 4.78 is 0. The molecule has 19 heavy (non-hydrogen) atoms. The minimum absolute atomic E-state index is 0.0438. The molecule has 0 fully saturated rings. The molecule has 1 atom stereocenters. The number of carbonyl (C=O) groups excluding carboxylic acids is 2. The maximum absolute atomic E-state index is 11.6. The Morgan fingerprint density at radius 3 is 2.16 bits per heavy atom. The van der Waals surface area contributed by atoms with Crippen LogP contribution in [-0.2, 0) is 9.59 Å². The topological polar surface area (TPSA) is 122 Å². The summed E-state index contributed by atoms with van der Waals surface area (Å²) in [6.07, 6.45) is 0.335. The van der Waals surface area contributed by atoms with E-state index in [0.717, 1.165) is 0 Å². The Morgan fingerprint density at radius 2 is 1.79 bits per heavy atom. The Bertz CT molecular complexity index is 353. The third kappa shape index (κ3) is 6.64. The summed E-state index contributed by atoms with van der Waals surface area (Å²) in [6.45, 7) is 6.97. The van der Waals surface area contributed by atoms with E-state index in [2.05, 4.69) is 10.6 Å². The molecule has 3 amide bonds. The van der Waals surface area contributed by atoms with Crippen molar-refractivity contribution in [1.82, 2.24) is 10.6 Å². The number of rotatable bonds is 7. The van der Waals surface area contributed by atoms with Gasteiger partial charge in [0.15, 0.2) is 0 Å². The molecular weight excluding hydrogens is 250 g/mol. The number of carbonyl (C=O) groups is 3. The SMILES string of the molecule is CC(C)C[C@@H](NC(=O)NCC(C)(C)C(N)=O)C(=O)O. The summed E-state index contributed by atoms with van der Waals surface area (Å²) in [6, 6.07) is -1.57. The minimum Gasteiger partial charge on any atom is -0.480 e. The van der Waals surface area contributed by atoms with Crippen molar-refractivity contribution in [1.29, 1.82) is 0 Å². The maximum atomic E-state index is 11.6. The molecule has 0 saturated carbocycles. The van der Waals surface area contributed by atoms with E-state index in [1.165, 1.54) is 0 Å². The van der Waals surface area contributed by atoms with Crippen molar-refractivity contribution in [3.05, 3.63) is 0 Å². The van der Waals surface area contributed by atoms with Crippen LogP contribution in [-0.4, -0.2) is 35.6 Å². The predicted molar refractivity (Wildman–Crippen MR) is 70.4 cm³/mol. The van der Waals surface area contributed by atoms with Gasteiger partial charge in [0.25, 0.3) is 0 Å². The van der Waals surface area contributed by atoms with Gasteiger partial charge < -0.3 is 21.5 Å². The third-order valence-corrected chi connectivity index (χ3v) is 2.67. The third-order valence-electron chi connectivity index (χ3n) is 2.67. The molecule has 0 aromatic heterocycles. The summed E-state index contributed by atoms with van der Waals surface area (Å²) in [4.78, 5) is 33.6. The molecule has 0 aromatic rings. The molecule has 7 nitrogen and oxygen atoms in total. The van der Waals surface area contributed by atoms with Crippen LogP contribution in [0.5, 0.6) is 0 Å². The number of carboxylic acids is 1. The highest BCUT2D eigenvalue weighted by molar-refractivity contribution is 5.84. The van der Waals surface area contributed by atoms with E-state index >= 15 is 0 Å². The molecule has 0 rings (SSSR count). The van der Waals surface area contributed by atoms with Crippen LogP contribution >= 0.6 is 0 Å². The average Bonchev–Trinajstić information content (AvgIpc) is 2.24. The van der Waals surface area contributed by atoms with Crippen molar-refractivity contribution in [2.75, 3.05) is 6.54 Å². The number of hydrogen-bond acceptors (Lipinski definition) is 3. The molecule has 7 heteroatoms. The first kappa shape index (κ1) is 17.2. The van der Waals surface area contributed by atoms with Crippen LogP contribution in [0.3, 0.4) is 0 Å². The second-order valence-electron chi connectivity index (χ2n) is 5.60. The van der Waals surface area contributed by atoms with Gasteiger partial charge in [-0.25, -0.2) is 9.59 Å². The zero-order valence-corrected chi connectivity index (χ0v) is 11.8. The van der Waals surface area contributed by atoms with Gasteiger partial charge in [-0.2, -0.15) is 0 Å². The van der Waals surface area contributed by atoms with Gasteiger partial charge in [0.2, 0.25) is 5.91 Å². The van der Waals surface area contributed by atoms with Gasteiger partial charge in [-0.15, -0.1) is 0 Å². The van der Waals surface area contributed by atoms with E-state index in [1.54, 1.807) is 13.8 Å². The lowest BCUT2D eigenvalue weighted by Crippen LogP contribution is -2.50. The largest absolute Gasteiger partial charge is 0.480 e.